The van der Waals surface area contributed by atoms with Gasteiger partial charge in [-0.1, -0.05) is 19.1 Å². The number of amides is 1. The zero-order valence-electron chi connectivity index (χ0n) is 13.5. The molecule has 1 fully saturated rings. The molecule has 0 spiro atoms. The zero-order valence-corrected chi connectivity index (χ0v) is 13.5. The van der Waals surface area contributed by atoms with Crippen molar-refractivity contribution in [3.05, 3.63) is 46.8 Å². The number of primary amides is 1. The minimum absolute atomic E-state index is 0.0870. The molecule has 1 amide bonds. The summed E-state index contributed by atoms with van der Waals surface area (Å²) in [5, 5.41) is 7.72. The van der Waals surface area contributed by atoms with Gasteiger partial charge in [0.15, 0.2) is 5.69 Å². The molecule has 3 N–H and O–H groups in total. The third kappa shape index (κ3) is 3.00. The van der Waals surface area contributed by atoms with E-state index in [0.717, 1.165) is 48.6 Å². The van der Waals surface area contributed by atoms with Crippen LogP contribution in [0.4, 0.5) is 0 Å². The van der Waals surface area contributed by atoms with Gasteiger partial charge in [0.05, 0.1) is 18.4 Å². The maximum atomic E-state index is 11.5. The number of benzene rings is 1. The minimum atomic E-state index is -0.491. The predicted octanol–water partition coefficient (Wildman–Crippen LogP) is 1.50. The zero-order chi connectivity index (χ0) is 16.4. The van der Waals surface area contributed by atoms with Crippen LogP contribution in [-0.4, -0.2) is 35.4 Å². The van der Waals surface area contributed by atoms with Crippen LogP contribution < -0.4 is 11.1 Å². The third-order valence-electron chi connectivity index (χ3n) is 4.25. The number of nitrogens with zero attached hydrogens (tertiary/aromatic N) is 2. The molecule has 1 aliphatic heterocycles. The average molecular weight is 314 g/mol. The van der Waals surface area contributed by atoms with E-state index in [4.69, 9.17) is 10.5 Å². The Morgan fingerprint density at radius 2 is 2.17 bits per heavy atom. The van der Waals surface area contributed by atoms with Crippen LogP contribution in [-0.2, 0) is 11.2 Å². The molecular weight excluding hydrogens is 292 g/mol. The lowest BCUT2D eigenvalue weighted by atomic mass is 10.1. The third-order valence-corrected chi connectivity index (χ3v) is 4.25. The highest BCUT2D eigenvalue weighted by molar-refractivity contribution is 5.92. The highest BCUT2D eigenvalue weighted by Gasteiger charge is 2.19. The molecule has 1 aromatic heterocycles. The Labute approximate surface area is 135 Å². The number of rotatable bonds is 4. The lowest BCUT2D eigenvalue weighted by Crippen LogP contribution is -2.33. The lowest BCUT2D eigenvalue weighted by Gasteiger charge is -2.24. The van der Waals surface area contributed by atoms with Crippen molar-refractivity contribution in [2.24, 2.45) is 5.73 Å². The first-order chi connectivity index (χ1) is 11.1. The molecule has 6 heteroatoms. The van der Waals surface area contributed by atoms with Gasteiger partial charge in [-0.05, 0) is 31.0 Å². The van der Waals surface area contributed by atoms with Crippen molar-refractivity contribution in [2.45, 2.75) is 26.4 Å². The first-order valence-electron chi connectivity index (χ1n) is 7.92. The van der Waals surface area contributed by atoms with E-state index >= 15 is 0 Å². The Hall–Kier alpha value is -2.18. The van der Waals surface area contributed by atoms with Crippen LogP contribution in [0.2, 0.25) is 0 Å². The SMILES string of the molecule is CCc1c(C)c(C(N)=O)nn1-c1ccc([C@H]2CNCCO2)cc1. The minimum Gasteiger partial charge on any atom is -0.371 e. The number of aromatic nitrogens is 2. The van der Waals surface area contributed by atoms with Gasteiger partial charge >= 0.3 is 0 Å². The second-order valence-electron chi connectivity index (χ2n) is 5.70. The summed E-state index contributed by atoms with van der Waals surface area (Å²) in [6.07, 6.45) is 0.868. The van der Waals surface area contributed by atoms with Gasteiger partial charge in [0.1, 0.15) is 0 Å². The topological polar surface area (TPSA) is 82.2 Å². The van der Waals surface area contributed by atoms with Gasteiger partial charge in [0.2, 0.25) is 0 Å². The summed E-state index contributed by atoms with van der Waals surface area (Å²) in [6.45, 7) is 6.38. The van der Waals surface area contributed by atoms with Gasteiger partial charge in [-0.25, -0.2) is 4.68 Å². The van der Waals surface area contributed by atoms with E-state index in [1.54, 1.807) is 4.68 Å². The predicted molar refractivity (Wildman–Crippen MR) is 87.8 cm³/mol. The Morgan fingerprint density at radius 1 is 1.43 bits per heavy atom. The van der Waals surface area contributed by atoms with E-state index in [1.165, 1.54) is 0 Å². The molecule has 1 saturated heterocycles. The summed E-state index contributed by atoms with van der Waals surface area (Å²) in [4.78, 5) is 11.5. The molecule has 23 heavy (non-hydrogen) atoms. The summed E-state index contributed by atoms with van der Waals surface area (Å²) in [7, 11) is 0. The van der Waals surface area contributed by atoms with Gasteiger partial charge in [0.25, 0.3) is 5.91 Å². The number of carbonyl (C=O) groups is 1. The van der Waals surface area contributed by atoms with Crippen LogP contribution in [0.5, 0.6) is 0 Å². The van der Waals surface area contributed by atoms with Crippen molar-refractivity contribution in [1.29, 1.82) is 0 Å². The Bertz CT molecular complexity index is 700. The highest BCUT2D eigenvalue weighted by Crippen LogP contribution is 2.23. The van der Waals surface area contributed by atoms with E-state index in [0.29, 0.717) is 5.69 Å². The number of nitrogens with one attached hydrogen (secondary N) is 1. The summed E-state index contributed by atoms with van der Waals surface area (Å²) in [5.74, 6) is -0.491. The normalized spacial score (nSPS) is 18.1. The van der Waals surface area contributed by atoms with Crippen molar-refractivity contribution in [3.63, 3.8) is 0 Å². The first kappa shape index (κ1) is 15.7. The Balaban J connectivity index is 1.93. The van der Waals surface area contributed by atoms with Gasteiger partial charge in [-0.3, -0.25) is 4.79 Å². The number of carbonyl (C=O) groups excluding carboxylic acids is 1. The second-order valence-corrected chi connectivity index (χ2v) is 5.70. The van der Waals surface area contributed by atoms with E-state index in [1.807, 2.05) is 38.1 Å². The van der Waals surface area contributed by atoms with Crippen molar-refractivity contribution in [1.82, 2.24) is 15.1 Å². The molecule has 0 radical (unpaired) electrons. The van der Waals surface area contributed by atoms with Gasteiger partial charge in [-0.2, -0.15) is 5.10 Å². The highest BCUT2D eigenvalue weighted by atomic mass is 16.5. The van der Waals surface area contributed by atoms with E-state index < -0.39 is 5.91 Å². The lowest BCUT2D eigenvalue weighted by molar-refractivity contribution is 0.0277. The maximum absolute atomic E-state index is 11.5. The summed E-state index contributed by atoms with van der Waals surface area (Å²) in [5.41, 5.74) is 9.66. The average Bonchev–Trinajstić information content (AvgIpc) is 2.92. The van der Waals surface area contributed by atoms with E-state index in [-0.39, 0.29) is 6.10 Å². The van der Waals surface area contributed by atoms with Crippen molar-refractivity contribution < 1.29 is 9.53 Å². The smallest absolute Gasteiger partial charge is 0.269 e. The standard InChI is InChI=1S/C17H22N4O2/c1-3-14-11(2)16(17(18)22)20-21(14)13-6-4-12(5-7-13)15-10-19-8-9-23-15/h4-7,15,19H,3,8-10H2,1-2H3,(H2,18,22)/t15-/m1/s1. The molecule has 0 aliphatic carbocycles. The fourth-order valence-electron chi connectivity index (χ4n) is 3.00. The Kier molecular flexibility index (Phi) is 4.45. The van der Waals surface area contributed by atoms with Crippen LogP contribution in [0.25, 0.3) is 5.69 Å². The van der Waals surface area contributed by atoms with Crippen molar-refractivity contribution in [2.75, 3.05) is 19.7 Å². The molecule has 2 aromatic rings. The fourth-order valence-corrected chi connectivity index (χ4v) is 3.00. The molecule has 122 valence electrons. The molecule has 6 nitrogen and oxygen atoms in total. The van der Waals surface area contributed by atoms with Gasteiger partial charge in [-0.15, -0.1) is 0 Å². The van der Waals surface area contributed by atoms with Crippen molar-refractivity contribution in [3.8, 4) is 5.69 Å². The molecule has 1 aliphatic rings. The largest absolute Gasteiger partial charge is 0.371 e. The van der Waals surface area contributed by atoms with Gasteiger partial charge < -0.3 is 15.8 Å². The molecular formula is C17H22N4O2. The van der Waals surface area contributed by atoms with Crippen LogP contribution in [0.1, 0.15) is 40.3 Å². The number of ether oxygens (including phenoxy) is 1. The van der Waals surface area contributed by atoms with Gasteiger partial charge in [0, 0.05) is 24.3 Å². The number of hydrogen-bond donors (Lipinski definition) is 2. The molecule has 2 heterocycles. The molecule has 0 saturated carbocycles. The van der Waals surface area contributed by atoms with Crippen molar-refractivity contribution >= 4 is 5.91 Å². The fraction of sp³-hybridized carbons (Fsp3) is 0.412. The molecule has 1 aromatic carbocycles. The number of hydrogen-bond acceptors (Lipinski definition) is 4. The van der Waals surface area contributed by atoms with Crippen LogP contribution in [0.15, 0.2) is 24.3 Å². The maximum Gasteiger partial charge on any atom is 0.269 e. The van der Waals surface area contributed by atoms with E-state index in [9.17, 15) is 4.79 Å². The van der Waals surface area contributed by atoms with E-state index in [2.05, 4.69) is 10.4 Å². The molecule has 0 unspecified atom stereocenters. The molecule has 3 rings (SSSR count). The molecule has 1 atom stereocenters. The summed E-state index contributed by atoms with van der Waals surface area (Å²) >= 11 is 0. The number of morpholine rings is 1. The van der Waals surface area contributed by atoms with Crippen LogP contribution in [0.3, 0.4) is 0 Å². The van der Waals surface area contributed by atoms with Crippen LogP contribution in [0, 0.1) is 6.92 Å². The quantitative estimate of drug-likeness (QED) is 0.896. The second kappa shape index (κ2) is 6.52. The first-order valence-corrected chi connectivity index (χ1v) is 7.92. The molecule has 0 bridgehead atoms. The Morgan fingerprint density at radius 3 is 2.74 bits per heavy atom. The summed E-state index contributed by atoms with van der Waals surface area (Å²) < 4.78 is 7.57. The summed E-state index contributed by atoms with van der Waals surface area (Å²) in [6, 6.07) is 8.11. The monoisotopic (exact) mass is 314 g/mol. The number of nitrogens with two attached hydrogens (primary N) is 1. The van der Waals surface area contributed by atoms with Crippen LogP contribution >= 0.6 is 0 Å².